The summed E-state index contributed by atoms with van der Waals surface area (Å²) in [5.41, 5.74) is 1.11. The molecule has 1 aromatic rings. The summed E-state index contributed by atoms with van der Waals surface area (Å²) in [5, 5.41) is 0. The lowest BCUT2D eigenvalue weighted by Gasteiger charge is -2.25. The molecule has 2 rings (SSSR count). The van der Waals surface area contributed by atoms with Crippen LogP contribution in [0.25, 0.3) is 0 Å². The minimum Gasteiger partial charge on any atom is -0.229 e. The Morgan fingerprint density at radius 1 is 1.23 bits per heavy atom. The summed E-state index contributed by atoms with van der Waals surface area (Å²) in [5.74, 6) is 0.110. The highest BCUT2D eigenvalue weighted by molar-refractivity contribution is 7.92. The zero-order valence-electron chi connectivity index (χ0n) is 12.8. The molecule has 1 unspecified atom stereocenters. The molecule has 124 valence electrons. The SMILES string of the molecule is CCN(C1CCS(=O)(=O)C1)S(=O)(=O)CCCc1ccccc1. The summed E-state index contributed by atoms with van der Waals surface area (Å²) in [6, 6.07) is 9.37. The van der Waals surface area contributed by atoms with E-state index in [1.165, 1.54) is 4.31 Å². The van der Waals surface area contributed by atoms with Crippen LogP contribution in [0.4, 0.5) is 0 Å². The molecule has 1 fully saturated rings. The zero-order valence-corrected chi connectivity index (χ0v) is 14.4. The van der Waals surface area contributed by atoms with Gasteiger partial charge in [-0.15, -0.1) is 0 Å². The minimum absolute atomic E-state index is 0.0429. The predicted molar refractivity (Wildman–Crippen MR) is 88.0 cm³/mol. The highest BCUT2D eigenvalue weighted by Crippen LogP contribution is 2.21. The van der Waals surface area contributed by atoms with E-state index in [0.717, 1.165) is 5.56 Å². The Labute approximate surface area is 133 Å². The average Bonchev–Trinajstić information content (AvgIpc) is 2.80. The van der Waals surface area contributed by atoms with Gasteiger partial charge in [-0.2, -0.15) is 4.31 Å². The van der Waals surface area contributed by atoms with Crippen molar-refractivity contribution in [3.63, 3.8) is 0 Å². The Kier molecular flexibility index (Phi) is 5.63. The highest BCUT2D eigenvalue weighted by Gasteiger charge is 2.36. The standard InChI is InChI=1S/C15H23NO4S2/c1-2-16(15-10-12-21(17,18)13-15)22(19,20)11-6-9-14-7-4-3-5-8-14/h3-5,7-8,15H,2,6,9-13H2,1H3. The molecule has 0 saturated carbocycles. The van der Waals surface area contributed by atoms with Gasteiger partial charge in [0, 0.05) is 12.6 Å². The van der Waals surface area contributed by atoms with Crippen LogP contribution < -0.4 is 0 Å². The fraction of sp³-hybridized carbons (Fsp3) is 0.600. The Balaban J connectivity index is 1.96. The first-order valence-electron chi connectivity index (χ1n) is 7.58. The van der Waals surface area contributed by atoms with E-state index in [2.05, 4.69) is 0 Å². The molecule has 0 aliphatic carbocycles. The van der Waals surface area contributed by atoms with E-state index in [-0.39, 0.29) is 17.3 Å². The Hall–Kier alpha value is -0.920. The first-order chi connectivity index (χ1) is 10.3. The van der Waals surface area contributed by atoms with Crippen molar-refractivity contribution >= 4 is 19.9 Å². The number of sulfone groups is 1. The van der Waals surface area contributed by atoms with Crippen molar-refractivity contribution < 1.29 is 16.8 Å². The maximum absolute atomic E-state index is 12.5. The van der Waals surface area contributed by atoms with Gasteiger partial charge >= 0.3 is 0 Å². The molecule has 0 radical (unpaired) electrons. The van der Waals surface area contributed by atoms with Gasteiger partial charge in [0.25, 0.3) is 0 Å². The van der Waals surface area contributed by atoms with Crippen molar-refractivity contribution in [3.05, 3.63) is 35.9 Å². The maximum atomic E-state index is 12.5. The monoisotopic (exact) mass is 345 g/mol. The smallest absolute Gasteiger partial charge is 0.214 e. The van der Waals surface area contributed by atoms with E-state index in [1.54, 1.807) is 6.92 Å². The van der Waals surface area contributed by atoms with Crippen molar-refractivity contribution in [1.82, 2.24) is 4.31 Å². The van der Waals surface area contributed by atoms with Crippen LogP contribution >= 0.6 is 0 Å². The van der Waals surface area contributed by atoms with Gasteiger partial charge in [0.1, 0.15) is 0 Å². The van der Waals surface area contributed by atoms with Gasteiger partial charge in [-0.05, 0) is 24.8 Å². The molecular weight excluding hydrogens is 322 g/mol. The number of sulfonamides is 1. The van der Waals surface area contributed by atoms with Crippen LogP contribution in [0.2, 0.25) is 0 Å². The zero-order chi connectivity index (χ0) is 16.2. The van der Waals surface area contributed by atoms with Crippen molar-refractivity contribution in [1.29, 1.82) is 0 Å². The molecule has 0 N–H and O–H groups in total. The quantitative estimate of drug-likeness (QED) is 0.750. The average molecular weight is 345 g/mol. The van der Waals surface area contributed by atoms with Crippen LogP contribution in [-0.2, 0) is 26.3 Å². The van der Waals surface area contributed by atoms with Gasteiger partial charge in [0.2, 0.25) is 10.0 Å². The predicted octanol–water partition coefficient (Wildman–Crippen LogP) is 1.46. The van der Waals surface area contributed by atoms with Crippen LogP contribution in [-0.4, -0.2) is 51.0 Å². The van der Waals surface area contributed by atoms with Gasteiger partial charge in [-0.3, -0.25) is 0 Å². The molecule has 1 heterocycles. The summed E-state index contributed by atoms with van der Waals surface area (Å²) in [6.07, 6.45) is 1.66. The Bertz CT molecular complexity index is 684. The molecule has 1 aliphatic heterocycles. The fourth-order valence-corrected chi connectivity index (χ4v) is 6.50. The number of hydrogen-bond acceptors (Lipinski definition) is 4. The van der Waals surface area contributed by atoms with Crippen molar-refractivity contribution in [2.45, 2.75) is 32.2 Å². The van der Waals surface area contributed by atoms with E-state index in [0.29, 0.717) is 25.8 Å². The summed E-state index contributed by atoms with van der Waals surface area (Å²) in [7, 11) is -6.49. The second-order valence-corrected chi connectivity index (χ2v) is 9.94. The lowest BCUT2D eigenvalue weighted by atomic mass is 10.1. The van der Waals surface area contributed by atoms with Crippen LogP contribution in [0, 0.1) is 0 Å². The van der Waals surface area contributed by atoms with Crippen LogP contribution in [0.1, 0.15) is 25.3 Å². The van der Waals surface area contributed by atoms with E-state index in [9.17, 15) is 16.8 Å². The third-order valence-corrected chi connectivity index (χ3v) is 7.82. The molecule has 1 aliphatic rings. The van der Waals surface area contributed by atoms with Crippen LogP contribution in [0.3, 0.4) is 0 Å². The molecule has 1 atom stereocenters. The third kappa shape index (κ3) is 4.54. The number of nitrogens with zero attached hydrogens (tertiary/aromatic N) is 1. The van der Waals surface area contributed by atoms with Gasteiger partial charge < -0.3 is 0 Å². The van der Waals surface area contributed by atoms with E-state index in [1.807, 2.05) is 30.3 Å². The molecule has 0 aromatic heterocycles. The first-order valence-corrected chi connectivity index (χ1v) is 11.0. The molecule has 1 aromatic carbocycles. The van der Waals surface area contributed by atoms with Gasteiger partial charge in [0.05, 0.1) is 17.3 Å². The van der Waals surface area contributed by atoms with E-state index in [4.69, 9.17) is 0 Å². The molecule has 5 nitrogen and oxygen atoms in total. The van der Waals surface area contributed by atoms with Crippen LogP contribution in [0.15, 0.2) is 30.3 Å². The third-order valence-electron chi connectivity index (χ3n) is 4.00. The summed E-state index contributed by atoms with van der Waals surface area (Å²) < 4.78 is 49.5. The molecule has 1 saturated heterocycles. The number of rotatable bonds is 7. The number of hydrogen-bond donors (Lipinski definition) is 0. The number of benzene rings is 1. The van der Waals surface area contributed by atoms with E-state index < -0.39 is 25.9 Å². The molecule has 0 bridgehead atoms. The lowest BCUT2D eigenvalue weighted by molar-refractivity contribution is 0.354. The summed E-state index contributed by atoms with van der Waals surface area (Å²) in [4.78, 5) is 0. The van der Waals surface area contributed by atoms with Crippen molar-refractivity contribution in [2.24, 2.45) is 0 Å². The lowest BCUT2D eigenvalue weighted by Crippen LogP contribution is -2.42. The van der Waals surface area contributed by atoms with Crippen molar-refractivity contribution in [3.8, 4) is 0 Å². The van der Waals surface area contributed by atoms with Crippen LogP contribution in [0.5, 0.6) is 0 Å². The first kappa shape index (κ1) is 17.4. The van der Waals surface area contributed by atoms with Gasteiger partial charge in [-0.25, -0.2) is 16.8 Å². The van der Waals surface area contributed by atoms with Crippen molar-refractivity contribution in [2.75, 3.05) is 23.8 Å². The molecule has 0 amide bonds. The van der Waals surface area contributed by atoms with Gasteiger partial charge in [-0.1, -0.05) is 37.3 Å². The topological polar surface area (TPSA) is 71.5 Å². The highest BCUT2D eigenvalue weighted by atomic mass is 32.2. The summed E-state index contributed by atoms with van der Waals surface area (Å²) >= 11 is 0. The van der Waals surface area contributed by atoms with Gasteiger partial charge in [0.15, 0.2) is 9.84 Å². The maximum Gasteiger partial charge on any atom is 0.214 e. The second kappa shape index (κ2) is 7.10. The minimum atomic E-state index is -3.41. The normalized spacial score (nSPS) is 21.3. The Morgan fingerprint density at radius 3 is 2.45 bits per heavy atom. The molecule has 7 heteroatoms. The number of aryl methyl sites for hydroxylation is 1. The molecular formula is C15H23NO4S2. The molecule has 0 spiro atoms. The second-order valence-electron chi connectivity index (χ2n) is 5.67. The Morgan fingerprint density at radius 2 is 1.91 bits per heavy atom. The van der Waals surface area contributed by atoms with E-state index >= 15 is 0 Å². The largest absolute Gasteiger partial charge is 0.229 e. The fourth-order valence-electron chi connectivity index (χ4n) is 2.91. The molecule has 22 heavy (non-hydrogen) atoms. The summed E-state index contributed by atoms with van der Waals surface area (Å²) in [6.45, 7) is 2.09.